The van der Waals surface area contributed by atoms with Crippen LogP contribution in [0.4, 0.5) is 0 Å². The van der Waals surface area contributed by atoms with Gasteiger partial charge in [0.1, 0.15) is 0 Å². The molecule has 0 aliphatic heterocycles. The lowest BCUT2D eigenvalue weighted by atomic mass is 9.87. The molecular formula is C12H25N. The zero-order valence-electron chi connectivity index (χ0n) is 9.31. The van der Waals surface area contributed by atoms with Crippen molar-refractivity contribution in [3.8, 4) is 0 Å². The predicted molar refractivity (Wildman–Crippen MR) is 58.9 cm³/mol. The van der Waals surface area contributed by atoms with Crippen LogP contribution in [0.5, 0.6) is 0 Å². The lowest BCUT2D eigenvalue weighted by molar-refractivity contribution is 0.328. The summed E-state index contributed by atoms with van der Waals surface area (Å²) in [5.74, 6) is 1.00. The van der Waals surface area contributed by atoms with Crippen LogP contribution in [-0.4, -0.2) is 13.1 Å². The minimum Gasteiger partial charge on any atom is -0.317 e. The Morgan fingerprint density at radius 3 is 2.15 bits per heavy atom. The summed E-state index contributed by atoms with van der Waals surface area (Å²) in [7, 11) is 2.08. The second kappa shape index (κ2) is 6.42. The Morgan fingerprint density at radius 2 is 1.62 bits per heavy atom. The van der Waals surface area contributed by atoms with E-state index in [1.807, 2.05) is 0 Å². The van der Waals surface area contributed by atoms with Crippen molar-refractivity contribution in [2.75, 3.05) is 7.05 Å². The molecule has 0 heterocycles. The molecule has 1 aliphatic carbocycles. The molecule has 13 heavy (non-hydrogen) atoms. The van der Waals surface area contributed by atoms with Crippen LogP contribution >= 0.6 is 0 Å². The maximum absolute atomic E-state index is 3.35. The molecule has 0 aromatic heterocycles. The van der Waals surface area contributed by atoms with Crippen molar-refractivity contribution >= 4 is 0 Å². The summed E-state index contributed by atoms with van der Waals surface area (Å²) < 4.78 is 0. The second-order valence-corrected chi connectivity index (χ2v) is 4.64. The summed E-state index contributed by atoms with van der Waals surface area (Å²) in [6.07, 6.45) is 11.7. The van der Waals surface area contributed by atoms with Gasteiger partial charge in [-0.1, -0.05) is 44.9 Å². The van der Waals surface area contributed by atoms with Gasteiger partial charge >= 0.3 is 0 Å². The van der Waals surface area contributed by atoms with Crippen LogP contribution in [0.15, 0.2) is 0 Å². The Bertz CT molecular complexity index is 114. The minimum absolute atomic E-state index is 0.712. The molecule has 0 spiro atoms. The number of rotatable bonds is 3. The maximum atomic E-state index is 3.35. The topological polar surface area (TPSA) is 12.0 Å². The minimum atomic E-state index is 0.712. The molecule has 1 atom stereocenters. The molecule has 0 aromatic rings. The average Bonchev–Trinajstić information content (AvgIpc) is 2.09. The maximum Gasteiger partial charge on any atom is 0.00383 e. The molecule has 0 bridgehead atoms. The summed E-state index contributed by atoms with van der Waals surface area (Å²) in [6.45, 7) is 2.30. The molecule has 0 radical (unpaired) electrons. The third-order valence-corrected chi connectivity index (χ3v) is 3.40. The van der Waals surface area contributed by atoms with E-state index in [2.05, 4.69) is 19.3 Å². The summed E-state index contributed by atoms with van der Waals surface area (Å²) in [4.78, 5) is 0. The van der Waals surface area contributed by atoms with Crippen molar-refractivity contribution < 1.29 is 0 Å². The number of nitrogens with one attached hydrogen (secondary N) is 1. The van der Waals surface area contributed by atoms with Crippen LogP contribution < -0.4 is 5.32 Å². The van der Waals surface area contributed by atoms with Crippen LogP contribution in [0, 0.1) is 5.92 Å². The molecule has 0 saturated heterocycles. The van der Waals surface area contributed by atoms with Crippen LogP contribution in [0.25, 0.3) is 0 Å². The lowest BCUT2D eigenvalue weighted by Gasteiger charge is -2.22. The van der Waals surface area contributed by atoms with Crippen molar-refractivity contribution in [3.63, 3.8) is 0 Å². The quantitative estimate of drug-likeness (QED) is 0.707. The molecule has 1 nitrogen and oxygen atoms in total. The van der Waals surface area contributed by atoms with Crippen LogP contribution in [0.1, 0.15) is 58.3 Å². The third-order valence-electron chi connectivity index (χ3n) is 3.40. The van der Waals surface area contributed by atoms with Gasteiger partial charge in [-0.25, -0.2) is 0 Å². The van der Waals surface area contributed by atoms with E-state index in [1.165, 1.54) is 51.4 Å². The smallest absolute Gasteiger partial charge is 0.00383 e. The first-order valence-electron chi connectivity index (χ1n) is 6.00. The highest BCUT2D eigenvalue weighted by atomic mass is 14.8. The van der Waals surface area contributed by atoms with Gasteiger partial charge in [0, 0.05) is 6.04 Å². The highest BCUT2D eigenvalue weighted by Crippen LogP contribution is 2.25. The van der Waals surface area contributed by atoms with E-state index in [0.717, 1.165) is 5.92 Å². The van der Waals surface area contributed by atoms with E-state index in [0.29, 0.717) is 6.04 Å². The Hall–Kier alpha value is -0.0400. The van der Waals surface area contributed by atoms with Gasteiger partial charge in [-0.3, -0.25) is 0 Å². The highest BCUT2D eigenvalue weighted by molar-refractivity contribution is 4.69. The van der Waals surface area contributed by atoms with Crippen molar-refractivity contribution in [2.24, 2.45) is 5.92 Å². The first-order chi connectivity index (χ1) is 6.33. The molecule has 1 aliphatic rings. The summed E-state index contributed by atoms with van der Waals surface area (Å²) >= 11 is 0. The molecule has 1 saturated carbocycles. The Morgan fingerprint density at radius 1 is 1.08 bits per heavy atom. The van der Waals surface area contributed by atoms with Gasteiger partial charge in [0.25, 0.3) is 0 Å². The van der Waals surface area contributed by atoms with Gasteiger partial charge in [0.15, 0.2) is 0 Å². The fraction of sp³-hybridized carbons (Fsp3) is 1.00. The van der Waals surface area contributed by atoms with Crippen molar-refractivity contribution in [1.82, 2.24) is 5.32 Å². The summed E-state index contributed by atoms with van der Waals surface area (Å²) in [5, 5.41) is 3.35. The largest absolute Gasteiger partial charge is 0.317 e. The van der Waals surface area contributed by atoms with E-state index in [4.69, 9.17) is 0 Å². The average molecular weight is 183 g/mol. The normalized spacial score (nSPS) is 23.5. The first-order valence-corrected chi connectivity index (χ1v) is 6.00. The van der Waals surface area contributed by atoms with Crippen LogP contribution in [-0.2, 0) is 0 Å². The Labute approximate surface area is 83.3 Å². The fourth-order valence-corrected chi connectivity index (χ4v) is 2.39. The number of hydrogen-bond acceptors (Lipinski definition) is 1. The van der Waals surface area contributed by atoms with Crippen molar-refractivity contribution in [2.45, 2.75) is 64.3 Å². The van der Waals surface area contributed by atoms with Gasteiger partial charge < -0.3 is 5.32 Å². The molecule has 1 unspecified atom stereocenters. The van der Waals surface area contributed by atoms with E-state index in [9.17, 15) is 0 Å². The monoisotopic (exact) mass is 183 g/mol. The first kappa shape index (κ1) is 11.0. The van der Waals surface area contributed by atoms with Crippen LogP contribution in [0.2, 0.25) is 0 Å². The predicted octanol–water partition coefficient (Wildman–Crippen LogP) is 3.34. The second-order valence-electron chi connectivity index (χ2n) is 4.64. The Balaban J connectivity index is 2.21. The molecule has 1 heteroatoms. The zero-order valence-corrected chi connectivity index (χ0v) is 9.31. The molecule has 0 aromatic carbocycles. The standard InChI is InChI=1S/C12H25N/c1-11(13-2)10-12-8-6-4-3-5-7-9-12/h11-13H,3-10H2,1-2H3. The molecular weight excluding hydrogens is 158 g/mol. The summed E-state index contributed by atoms with van der Waals surface area (Å²) in [6, 6.07) is 0.712. The van der Waals surface area contributed by atoms with E-state index in [-0.39, 0.29) is 0 Å². The molecule has 78 valence electrons. The molecule has 1 rings (SSSR count). The van der Waals surface area contributed by atoms with Crippen LogP contribution in [0.3, 0.4) is 0 Å². The molecule has 1 N–H and O–H groups in total. The fourth-order valence-electron chi connectivity index (χ4n) is 2.39. The van der Waals surface area contributed by atoms with Gasteiger partial charge in [-0.05, 0) is 26.3 Å². The molecule has 0 amide bonds. The third kappa shape index (κ3) is 4.66. The Kier molecular flexibility index (Phi) is 5.45. The van der Waals surface area contributed by atoms with Gasteiger partial charge in [0.2, 0.25) is 0 Å². The zero-order chi connectivity index (χ0) is 9.52. The number of hydrogen-bond donors (Lipinski definition) is 1. The van der Waals surface area contributed by atoms with Crippen molar-refractivity contribution in [1.29, 1.82) is 0 Å². The van der Waals surface area contributed by atoms with Gasteiger partial charge in [-0.2, -0.15) is 0 Å². The lowest BCUT2D eigenvalue weighted by Crippen LogP contribution is -2.24. The van der Waals surface area contributed by atoms with Crippen molar-refractivity contribution in [3.05, 3.63) is 0 Å². The van der Waals surface area contributed by atoms with Gasteiger partial charge in [-0.15, -0.1) is 0 Å². The summed E-state index contributed by atoms with van der Waals surface area (Å²) in [5.41, 5.74) is 0. The molecule has 1 fully saturated rings. The van der Waals surface area contributed by atoms with E-state index < -0.39 is 0 Å². The highest BCUT2D eigenvalue weighted by Gasteiger charge is 2.13. The van der Waals surface area contributed by atoms with Gasteiger partial charge in [0.05, 0.1) is 0 Å². The van der Waals surface area contributed by atoms with E-state index in [1.54, 1.807) is 0 Å². The SMILES string of the molecule is CNC(C)CC1CCCCCCC1. The van der Waals surface area contributed by atoms with E-state index >= 15 is 0 Å².